The molecule has 98 valence electrons. The zero-order chi connectivity index (χ0) is 13.9. The minimum Gasteiger partial charge on any atom is -0.322 e. The van der Waals surface area contributed by atoms with Crippen molar-refractivity contribution >= 4 is 34.1 Å². The predicted molar refractivity (Wildman–Crippen MR) is 78.9 cm³/mol. The summed E-state index contributed by atoms with van der Waals surface area (Å²) < 4.78 is 0. The van der Waals surface area contributed by atoms with Gasteiger partial charge < -0.3 is 5.32 Å². The third kappa shape index (κ3) is 2.46. The molecule has 0 aliphatic heterocycles. The van der Waals surface area contributed by atoms with Crippen molar-refractivity contribution in [3.05, 3.63) is 65.6 Å². The fourth-order valence-electron chi connectivity index (χ4n) is 1.98. The van der Waals surface area contributed by atoms with Crippen molar-refractivity contribution in [2.75, 3.05) is 5.32 Å². The third-order valence-corrected chi connectivity index (χ3v) is 3.08. The number of fused-ring (bicyclic) bond motifs is 1. The van der Waals surface area contributed by atoms with Gasteiger partial charge in [0.1, 0.15) is 5.15 Å². The Morgan fingerprint density at radius 2 is 1.95 bits per heavy atom. The second-order valence-electron chi connectivity index (χ2n) is 4.20. The summed E-state index contributed by atoms with van der Waals surface area (Å²) in [5.74, 6) is -0.203. The summed E-state index contributed by atoms with van der Waals surface area (Å²) >= 11 is 5.80. The average Bonchev–Trinajstić information content (AvgIpc) is 2.46. The Morgan fingerprint density at radius 3 is 2.80 bits per heavy atom. The molecule has 0 saturated carbocycles. The minimum absolute atomic E-state index is 0.203. The van der Waals surface area contributed by atoms with Crippen LogP contribution in [0.3, 0.4) is 0 Å². The second-order valence-corrected chi connectivity index (χ2v) is 4.58. The number of amides is 1. The summed E-state index contributed by atoms with van der Waals surface area (Å²) in [7, 11) is 0. The molecule has 0 atom stereocenters. The number of carbonyl (C=O) groups excluding carboxylic acids is 1. The summed E-state index contributed by atoms with van der Waals surface area (Å²) in [5, 5.41) is 3.95. The monoisotopic (exact) mass is 283 g/mol. The number of aromatic nitrogens is 2. The Hall–Kier alpha value is -2.46. The van der Waals surface area contributed by atoms with E-state index in [-0.39, 0.29) is 5.91 Å². The van der Waals surface area contributed by atoms with Crippen LogP contribution in [0.5, 0.6) is 0 Å². The Labute approximate surface area is 120 Å². The lowest BCUT2D eigenvalue weighted by molar-refractivity contribution is 0.102. The van der Waals surface area contributed by atoms with Gasteiger partial charge in [0.2, 0.25) is 0 Å². The van der Waals surface area contributed by atoms with Gasteiger partial charge in [-0.25, -0.2) is 4.98 Å². The maximum atomic E-state index is 12.3. The number of benzene rings is 1. The highest BCUT2D eigenvalue weighted by molar-refractivity contribution is 6.29. The maximum absolute atomic E-state index is 12.3. The Kier molecular flexibility index (Phi) is 3.31. The lowest BCUT2D eigenvalue weighted by atomic mass is 10.1. The van der Waals surface area contributed by atoms with Crippen molar-refractivity contribution in [2.45, 2.75) is 0 Å². The van der Waals surface area contributed by atoms with Crippen LogP contribution in [0.2, 0.25) is 5.15 Å². The van der Waals surface area contributed by atoms with Crippen molar-refractivity contribution in [1.82, 2.24) is 9.97 Å². The van der Waals surface area contributed by atoms with Crippen molar-refractivity contribution in [3.63, 3.8) is 0 Å². The van der Waals surface area contributed by atoms with Crippen LogP contribution >= 0.6 is 11.6 Å². The normalized spacial score (nSPS) is 10.4. The number of pyridine rings is 2. The smallest absolute Gasteiger partial charge is 0.256 e. The van der Waals surface area contributed by atoms with Gasteiger partial charge in [-0.1, -0.05) is 23.7 Å². The quantitative estimate of drug-likeness (QED) is 0.732. The molecule has 0 bridgehead atoms. The molecule has 0 aliphatic rings. The van der Waals surface area contributed by atoms with Gasteiger partial charge >= 0.3 is 0 Å². The van der Waals surface area contributed by atoms with Crippen LogP contribution in [0, 0.1) is 0 Å². The SMILES string of the molecule is O=C(Nc1ccnc(Cl)c1)c1cccc2ncccc12. The summed E-state index contributed by atoms with van der Waals surface area (Å²) in [6.07, 6.45) is 3.25. The molecule has 0 aliphatic carbocycles. The number of nitrogens with one attached hydrogen (secondary N) is 1. The van der Waals surface area contributed by atoms with Crippen molar-refractivity contribution < 1.29 is 4.79 Å². The van der Waals surface area contributed by atoms with E-state index in [0.717, 1.165) is 10.9 Å². The molecular formula is C15H10ClN3O. The van der Waals surface area contributed by atoms with Gasteiger partial charge in [-0.15, -0.1) is 0 Å². The number of hydrogen-bond acceptors (Lipinski definition) is 3. The Bertz CT molecular complexity index is 783. The molecule has 1 aromatic carbocycles. The van der Waals surface area contributed by atoms with Crippen LogP contribution in [0.15, 0.2) is 54.9 Å². The summed E-state index contributed by atoms with van der Waals surface area (Å²) in [6, 6.07) is 12.4. The lowest BCUT2D eigenvalue weighted by Gasteiger charge is -2.07. The Balaban J connectivity index is 1.97. The van der Waals surface area contributed by atoms with Crippen LogP contribution in [-0.2, 0) is 0 Å². The van der Waals surface area contributed by atoms with Crippen LogP contribution in [0.1, 0.15) is 10.4 Å². The van der Waals surface area contributed by atoms with E-state index in [0.29, 0.717) is 16.4 Å². The van der Waals surface area contributed by atoms with E-state index < -0.39 is 0 Å². The summed E-state index contributed by atoms with van der Waals surface area (Å²) in [6.45, 7) is 0. The van der Waals surface area contributed by atoms with E-state index in [1.807, 2.05) is 24.3 Å². The molecule has 2 heterocycles. The van der Waals surface area contributed by atoms with Crippen LogP contribution in [-0.4, -0.2) is 15.9 Å². The first-order valence-electron chi connectivity index (χ1n) is 6.01. The van der Waals surface area contributed by atoms with E-state index in [2.05, 4.69) is 15.3 Å². The molecule has 0 fully saturated rings. The molecule has 3 rings (SSSR count). The van der Waals surface area contributed by atoms with Gasteiger partial charge in [0, 0.05) is 29.0 Å². The molecular weight excluding hydrogens is 274 g/mol. The first kappa shape index (κ1) is 12.6. The minimum atomic E-state index is -0.203. The second kappa shape index (κ2) is 5.27. The molecule has 4 nitrogen and oxygen atoms in total. The average molecular weight is 284 g/mol. The van der Waals surface area contributed by atoms with E-state index in [4.69, 9.17) is 11.6 Å². The van der Waals surface area contributed by atoms with Crippen molar-refractivity contribution in [1.29, 1.82) is 0 Å². The highest BCUT2D eigenvalue weighted by Gasteiger charge is 2.10. The fraction of sp³-hybridized carbons (Fsp3) is 0. The first-order valence-corrected chi connectivity index (χ1v) is 6.38. The molecule has 5 heteroatoms. The van der Waals surface area contributed by atoms with E-state index >= 15 is 0 Å². The van der Waals surface area contributed by atoms with Gasteiger partial charge in [-0.3, -0.25) is 9.78 Å². The molecule has 1 amide bonds. The van der Waals surface area contributed by atoms with Gasteiger partial charge in [-0.2, -0.15) is 0 Å². The highest BCUT2D eigenvalue weighted by atomic mass is 35.5. The van der Waals surface area contributed by atoms with Gasteiger partial charge in [0.25, 0.3) is 5.91 Å². The van der Waals surface area contributed by atoms with Crippen LogP contribution in [0.25, 0.3) is 10.9 Å². The van der Waals surface area contributed by atoms with E-state index in [9.17, 15) is 4.79 Å². The maximum Gasteiger partial charge on any atom is 0.256 e. The van der Waals surface area contributed by atoms with Crippen molar-refractivity contribution in [3.8, 4) is 0 Å². The number of nitrogens with zero attached hydrogens (tertiary/aromatic N) is 2. The molecule has 0 spiro atoms. The van der Waals surface area contributed by atoms with Gasteiger partial charge in [0.05, 0.1) is 5.52 Å². The molecule has 0 unspecified atom stereocenters. The van der Waals surface area contributed by atoms with Crippen molar-refractivity contribution in [2.24, 2.45) is 0 Å². The standard InChI is InChI=1S/C15H10ClN3O/c16-14-9-10(6-8-18-14)19-15(20)12-3-1-5-13-11(12)4-2-7-17-13/h1-9H,(H,18,19,20). The lowest BCUT2D eigenvalue weighted by Crippen LogP contribution is -2.12. The molecule has 2 aromatic heterocycles. The molecule has 0 radical (unpaired) electrons. The number of hydrogen-bond donors (Lipinski definition) is 1. The van der Waals surface area contributed by atoms with Crippen LogP contribution < -0.4 is 5.32 Å². The Morgan fingerprint density at radius 1 is 1.05 bits per heavy atom. The number of anilines is 1. The number of carbonyl (C=O) groups is 1. The number of halogens is 1. The topological polar surface area (TPSA) is 54.9 Å². The zero-order valence-electron chi connectivity index (χ0n) is 10.4. The largest absolute Gasteiger partial charge is 0.322 e. The molecule has 1 N–H and O–H groups in total. The predicted octanol–water partition coefficient (Wildman–Crippen LogP) is 3.54. The molecule has 0 saturated heterocycles. The summed E-state index contributed by atoms with van der Waals surface area (Å²) in [4.78, 5) is 20.4. The number of rotatable bonds is 2. The molecule has 20 heavy (non-hydrogen) atoms. The first-order chi connectivity index (χ1) is 9.74. The summed E-state index contributed by atoms with van der Waals surface area (Å²) in [5.41, 5.74) is 1.97. The van der Waals surface area contributed by atoms with E-state index in [1.54, 1.807) is 30.6 Å². The highest BCUT2D eigenvalue weighted by Crippen LogP contribution is 2.19. The van der Waals surface area contributed by atoms with E-state index in [1.165, 1.54) is 0 Å². The molecule has 3 aromatic rings. The van der Waals surface area contributed by atoms with Gasteiger partial charge in [0.15, 0.2) is 0 Å². The van der Waals surface area contributed by atoms with Gasteiger partial charge in [-0.05, 0) is 30.3 Å². The third-order valence-electron chi connectivity index (χ3n) is 2.87. The zero-order valence-corrected chi connectivity index (χ0v) is 11.1. The van der Waals surface area contributed by atoms with Crippen LogP contribution in [0.4, 0.5) is 5.69 Å². The fourth-order valence-corrected chi connectivity index (χ4v) is 2.15.